The van der Waals surface area contributed by atoms with Crippen molar-refractivity contribution in [3.05, 3.63) is 34.8 Å². The van der Waals surface area contributed by atoms with Gasteiger partial charge in [-0.3, -0.25) is 0 Å². The van der Waals surface area contributed by atoms with Crippen molar-refractivity contribution >= 4 is 27.3 Å². The normalized spacial score (nSPS) is 11.5. The lowest BCUT2D eigenvalue weighted by Gasteiger charge is -2.04. The lowest BCUT2D eigenvalue weighted by Crippen LogP contribution is -2.23. The van der Waals surface area contributed by atoms with E-state index in [0.717, 1.165) is 5.56 Å². The van der Waals surface area contributed by atoms with Gasteiger partial charge in [-0.2, -0.15) is 11.3 Å². The van der Waals surface area contributed by atoms with Gasteiger partial charge < -0.3 is 5.73 Å². The average Bonchev–Trinajstić information content (AvgIpc) is 2.80. The second kappa shape index (κ2) is 4.78. The molecule has 0 aliphatic rings. The Morgan fingerprint density at radius 1 is 1.35 bits per heavy atom. The van der Waals surface area contributed by atoms with Gasteiger partial charge in [-0.25, -0.2) is 23.1 Å². The second-order valence-corrected chi connectivity index (χ2v) is 5.78. The summed E-state index contributed by atoms with van der Waals surface area (Å²) in [5, 5.41) is 3.76. The summed E-state index contributed by atoms with van der Waals surface area (Å²) in [6, 6.07) is 1.85. The average molecular weight is 270 g/mol. The van der Waals surface area contributed by atoms with Gasteiger partial charge in [0.15, 0.2) is 0 Å². The molecule has 0 saturated heterocycles. The van der Waals surface area contributed by atoms with E-state index in [1.54, 1.807) is 0 Å². The van der Waals surface area contributed by atoms with Gasteiger partial charge in [0.05, 0.1) is 12.4 Å². The Bertz CT molecular complexity index is 578. The minimum absolute atomic E-state index is 0.00179. The first-order valence-electron chi connectivity index (χ1n) is 4.66. The van der Waals surface area contributed by atoms with Crippen LogP contribution in [0.4, 0.5) is 5.95 Å². The van der Waals surface area contributed by atoms with Crippen LogP contribution in [-0.2, 0) is 16.6 Å². The third kappa shape index (κ3) is 2.99. The maximum atomic E-state index is 11.8. The maximum Gasteiger partial charge on any atom is 0.243 e. The molecule has 0 aromatic carbocycles. The molecule has 2 heterocycles. The van der Waals surface area contributed by atoms with Crippen molar-refractivity contribution in [2.24, 2.45) is 0 Å². The van der Waals surface area contributed by atoms with Crippen molar-refractivity contribution in [1.29, 1.82) is 0 Å². The van der Waals surface area contributed by atoms with E-state index in [2.05, 4.69) is 14.7 Å². The summed E-state index contributed by atoms with van der Waals surface area (Å²) in [5.74, 6) is 0.0433. The van der Waals surface area contributed by atoms with Crippen LogP contribution in [0.5, 0.6) is 0 Å². The molecule has 0 aliphatic carbocycles. The van der Waals surface area contributed by atoms with Crippen LogP contribution in [0.2, 0.25) is 0 Å². The summed E-state index contributed by atoms with van der Waals surface area (Å²) in [5.41, 5.74) is 6.20. The lowest BCUT2D eigenvalue weighted by molar-refractivity contribution is 0.580. The first-order chi connectivity index (χ1) is 8.08. The predicted molar refractivity (Wildman–Crippen MR) is 64.8 cm³/mol. The summed E-state index contributed by atoms with van der Waals surface area (Å²) < 4.78 is 26.1. The van der Waals surface area contributed by atoms with E-state index in [-0.39, 0.29) is 17.4 Å². The summed E-state index contributed by atoms with van der Waals surface area (Å²) in [7, 11) is -3.58. The molecule has 2 rings (SSSR count). The lowest BCUT2D eigenvalue weighted by atomic mass is 10.4. The molecule has 0 bridgehead atoms. The van der Waals surface area contributed by atoms with E-state index < -0.39 is 10.0 Å². The van der Waals surface area contributed by atoms with Gasteiger partial charge >= 0.3 is 0 Å². The van der Waals surface area contributed by atoms with Crippen molar-refractivity contribution in [2.45, 2.75) is 11.4 Å². The number of nitrogens with one attached hydrogen (secondary N) is 1. The Kier molecular flexibility index (Phi) is 3.36. The Morgan fingerprint density at radius 2 is 2.06 bits per heavy atom. The third-order valence-corrected chi connectivity index (χ3v) is 4.09. The molecule has 0 saturated carbocycles. The van der Waals surface area contributed by atoms with Crippen molar-refractivity contribution in [1.82, 2.24) is 14.7 Å². The zero-order chi connectivity index (χ0) is 12.3. The van der Waals surface area contributed by atoms with E-state index >= 15 is 0 Å². The number of rotatable bonds is 4. The molecule has 17 heavy (non-hydrogen) atoms. The van der Waals surface area contributed by atoms with E-state index in [1.165, 1.54) is 23.7 Å². The highest BCUT2D eigenvalue weighted by atomic mass is 32.2. The molecule has 6 nitrogen and oxygen atoms in total. The van der Waals surface area contributed by atoms with E-state index in [0.29, 0.717) is 0 Å². The number of nitrogens with zero attached hydrogens (tertiary/aromatic N) is 2. The van der Waals surface area contributed by atoms with Crippen molar-refractivity contribution in [2.75, 3.05) is 5.73 Å². The molecule has 0 amide bonds. The molecule has 90 valence electrons. The van der Waals surface area contributed by atoms with E-state index in [1.807, 2.05) is 16.8 Å². The number of aromatic nitrogens is 2. The molecule has 0 radical (unpaired) electrons. The number of thiophene rings is 1. The van der Waals surface area contributed by atoms with E-state index in [4.69, 9.17) is 5.73 Å². The summed E-state index contributed by atoms with van der Waals surface area (Å²) in [6.45, 7) is 0.246. The number of hydrogen-bond donors (Lipinski definition) is 2. The fraction of sp³-hybridized carbons (Fsp3) is 0.111. The van der Waals surface area contributed by atoms with Gasteiger partial charge in [-0.1, -0.05) is 0 Å². The fourth-order valence-corrected chi connectivity index (χ4v) is 2.69. The second-order valence-electron chi connectivity index (χ2n) is 3.23. The molecule has 2 aromatic heterocycles. The van der Waals surface area contributed by atoms with Gasteiger partial charge in [0, 0.05) is 6.54 Å². The van der Waals surface area contributed by atoms with E-state index in [9.17, 15) is 8.42 Å². The van der Waals surface area contributed by atoms with Crippen LogP contribution >= 0.6 is 11.3 Å². The predicted octanol–water partition coefficient (Wildman–Crippen LogP) is 0.599. The third-order valence-electron chi connectivity index (χ3n) is 2.00. The molecule has 3 N–H and O–H groups in total. The minimum atomic E-state index is -3.58. The molecular weight excluding hydrogens is 260 g/mol. The molecule has 2 aromatic rings. The summed E-state index contributed by atoms with van der Waals surface area (Å²) >= 11 is 1.51. The van der Waals surface area contributed by atoms with Crippen molar-refractivity contribution in [3.63, 3.8) is 0 Å². The smallest absolute Gasteiger partial charge is 0.243 e. The maximum absolute atomic E-state index is 11.8. The number of nitrogen functional groups attached to an aromatic ring is 1. The monoisotopic (exact) mass is 270 g/mol. The Labute approximate surface area is 103 Å². The molecule has 0 atom stereocenters. The molecule has 0 aliphatic heterocycles. The fourth-order valence-electron chi connectivity index (χ4n) is 1.12. The van der Waals surface area contributed by atoms with Crippen molar-refractivity contribution < 1.29 is 8.42 Å². The molecular formula is C9H10N4O2S2. The van der Waals surface area contributed by atoms with Gasteiger partial charge in [0.1, 0.15) is 4.90 Å². The number of anilines is 1. The van der Waals surface area contributed by atoms with Crippen LogP contribution in [0.1, 0.15) is 5.56 Å². The van der Waals surface area contributed by atoms with Crippen LogP contribution in [0, 0.1) is 0 Å². The number of nitrogens with two attached hydrogens (primary N) is 1. The zero-order valence-corrected chi connectivity index (χ0v) is 10.3. The highest BCUT2D eigenvalue weighted by Crippen LogP contribution is 2.09. The molecule has 0 spiro atoms. The quantitative estimate of drug-likeness (QED) is 0.847. The minimum Gasteiger partial charge on any atom is -0.368 e. The summed E-state index contributed by atoms with van der Waals surface area (Å²) in [6.07, 6.45) is 2.36. The Morgan fingerprint density at radius 3 is 2.65 bits per heavy atom. The topological polar surface area (TPSA) is 98.0 Å². The first kappa shape index (κ1) is 12.0. The SMILES string of the molecule is Nc1ncc(S(=O)(=O)NCc2ccsc2)cn1. The van der Waals surface area contributed by atoms with Crippen LogP contribution in [-0.4, -0.2) is 18.4 Å². The molecule has 8 heteroatoms. The first-order valence-corrected chi connectivity index (χ1v) is 7.09. The number of hydrogen-bond acceptors (Lipinski definition) is 6. The Balaban J connectivity index is 2.11. The highest BCUT2D eigenvalue weighted by Gasteiger charge is 2.14. The summed E-state index contributed by atoms with van der Waals surface area (Å²) in [4.78, 5) is 7.28. The zero-order valence-electron chi connectivity index (χ0n) is 8.70. The van der Waals surface area contributed by atoms with Crippen molar-refractivity contribution in [3.8, 4) is 0 Å². The molecule has 0 unspecified atom stereocenters. The largest absolute Gasteiger partial charge is 0.368 e. The van der Waals surface area contributed by atoms with Crippen LogP contribution < -0.4 is 10.5 Å². The molecule has 0 fully saturated rings. The number of sulfonamides is 1. The van der Waals surface area contributed by atoms with Gasteiger partial charge in [0.25, 0.3) is 0 Å². The van der Waals surface area contributed by atoms with Crippen LogP contribution in [0.25, 0.3) is 0 Å². The van der Waals surface area contributed by atoms with Gasteiger partial charge in [-0.15, -0.1) is 0 Å². The Hall–Kier alpha value is -1.51. The van der Waals surface area contributed by atoms with Gasteiger partial charge in [-0.05, 0) is 22.4 Å². The van der Waals surface area contributed by atoms with Gasteiger partial charge in [0.2, 0.25) is 16.0 Å². The standard InChI is InChI=1S/C9H10N4O2S2/c10-9-11-4-8(5-12-9)17(14,15)13-3-7-1-2-16-6-7/h1-2,4-6,13H,3H2,(H2,10,11,12). The highest BCUT2D eigenvalue weighted by molar-refractivity contribution is 7.89. The van der Waals surface area contributed by atoms with Crippen LogP contribution in [0.3, 0.4) is 0 Å². The van der Waals surface area contributed by atoms with Crippen LogP contribution in [0.15, 0.2) is 34.1 Å².